The summed E-state index contributed by atoms with van der Waals surface area (Å²) in [7, 11) is 0. The summed E-state index contributed by atoms with van der Waals surface area (Å²) in [5.41, 5.74) is 0. The van der Waals surface area contributed by atoms with Crippen LogP contribution in [0, 0.1) is 0 Å². The van der Waals surface area contributed by atoms with Crippen molar-refractivity contribution >= 4 is 30.0 Å². The van der Waals surface area contributed by atoms with E-state index in [-0.39, 0.29) is 0 Å². The average molecular weight is 142 g/mol. The van der Waals surface area contributed by atoms with E-state index in [1.807, 2.05) is 17.5 Å². The van der Waals surface area contributed by atoms with E-state index in [1.165, 1.54) is 4.88 Å². The Kier molecular flexibility index (Phi) is 2.18. The molecule has 1 aromatic rings. The van der Waals surface area contributed by atoms with E-state index < -0.39 is 0 Å². The highest BCUT2D eigenvalue weighted by molar-refractivity contribution is 7.83. The van der Waals surface area contributed by atoms with Crippen molar-refractivity contribution in [1.29, 1.82) is 0 Å². The fourth-order valence-corrected chi connectivity index (χ4v) is 1.34. The van der Waals surface area contributed by atoms with Gasteiger partial charge in [0.05, 0.1) is 0 Å². The third-order valence-electron chi connectivity index (χ3n) is 0.782. The number of hydrogen-bond acceptors (Lipinski definition) is 2. The molecule has 0 unspecified atom stereocenters. The fourth-order valence-electron chi connectivity index (χ4n) is 0.460. The van der Waals surface area contributed by atoms with Crippen LogP contribution in [-0.2, 0) is 0 Å². The molecule has 0 aliphatic carbocycles. The number of hydrogen-bond donors (Lipinski definition) is 1. The molecule has 1 aromatic heterocycles. The van der Waals surface area contributed by atoms with E-state index in [2.05, 4.69) is 18.7 Å². The molecule has 2 heteroatoms. The molecule has 1 rings (SSSR count). The lowest BCUT2D eigenvalue weighted by molar-refractivity contribution is 1.96. The second-order valence-corrected chi connectivity index (χ2v) is 2.61. The van der Waals surface area contributed by atoms with Gasteiger partial charge in [-0.25, -0.2) is 0 Å². The predicted molar refractivity (Wildman–Crippen MR) is 42.3 cm³/mol. The Morgan fingerprint density at radius 1 is 1.62 bits per heavy atom. The molecule has 0 amide bonds. The zero-order chi connectivity index (χ0) is 5.82. The monoisotopic (exact) mass is 142 g/mol. The molecule has 0 aliphatic rings. The third-order valence-corrected chi connectivity index (χ3v) is 1.77. The Balaban J connectivity index is 2.77. The average Bonchev–Trinajstić information content (AvgIpc) is 2.19. The summed E-state index contributed by atoms with van der Waals surface area (Å²) in [4.78, 5) is 1.25. The Hall–Kier alpha value is -0.210. The largest absolute Gasteiger partial charge is 0.151 e. The molecule has 0 aliphatic heterocycles. The topological polar surface area (TPSA) is 0 Å². The van der Waals surface area contributed by atoms with Crippen LogP contribution in [-0.4, -0.2) is 0 Å². The van der Waals surface area contributed by atoms with Gasteiger partial charge in [-0.15, -0.1) is 11.3 Å². The summed E-state index contributed by atoms with van der Waals surface area (Å²) >= 11 is 5.64. The van der Waals surface area contributed by atoms with Gasteiger partial charge < -0.3 is 0 Å². The van der Waals surface area contributed by atoms with Gasteiger partial charge in [-0.05, 0) is 22.9 Å². The maximum Gasteiger partial charge on any atom is 0.0275 e. The van der Waals surface area contributed by atoms with Crippen LogP contribution in [0.3, 0.4) is 0 Å². The summed E-state index contributed by atoms with van der Waals surface area (Å²) in [5.74, 6) is 0. The molecular formula is C6H6S2. The van der Waals surface area contributed by atoms with Crippen molar-refractivity contribution in [3.05, 3.63) is 27.8 Å². The van der Waals surface area contributed by atoms with Crippen molar-refractivity contribution in [2.24, 2.45) is 0 Å². The molecule has 0 spiro atoms. The molecule has 0 atom stereocenters. The van der Waals surface area contributed by atoms with Crippen LogP contribution in [0.25, 0.3) is 6.08 Å². The highest BCUT2D eigenvalue weighted by atomic mass is 32.1. The van der Waals surface area contributed by atoms with Crippen molar-refractivity contribution in [2.45, 2.75) is 0 Å². The molecule has 1 heterocycles. The third kappa shape index (κ3) is 1.39. The molecule has 42 valence electrons. The van der Waals surface area contributed by atoms with Crippen molar-refractivity contribution < 1.29 is 0 Å². The zero-order valence-corrected chi connectivity index (χ0v) is 5.95. The summed E-state index contributed by atoms with van der Waals surface area (Å²) < 4.78 is 0. The molecule has 0 N–H and O–H groups in total. The van der Waals surface area contributed by atoms with Crippen molar-refractivity contribution in [3.8, 4) is 0 Å². The Morgan fingerprint density at radius 2 is 2.50 bits per heavy atom. The second kappa shape index (κ2) is 2.95. The van der Waals surface area contributed by atoms with Gasteiger partial charge in [0.2, 0.25) is 0 Å². The minimum atomic E-state index is 1.25. The van der Waals surface area contributed by atoms with Crippen LogP contribution in [0.5, 0.6) is 0 Å². The highest BCUT2D eigenvalue weighted by Crippen LogP contribution is 2.09. The second-order valence-electron chi connectivity index (χ2n) is 1.33. The first-order valence-electron chi connectivity index (χ1n) is 2.28. The van der Waals surface area contributed by atoms with Gasteiger partial charge in [0, 0.05) is 4.88 Å². The van der Waals surface area contributed by atoms with Gasteiger partial charge in [0.25, 0.3) is 0 Å². The summed E-state index contributed by atoms with van der Waals surface area (Å²) in [6.07, 6.45) is 1.97. The lowest BCUT2D eigenvalue weighted by Crippen LogP contribution is -1.48. The van der Waals surface area contributed by atoms with E-state index in [4.69, 9.17) is 0 Å². The van der Waals surface area contributed by atoms with Crippen LogP contribution in [0.2, 0.25) is 0 Å². The van der Waals surface area contributed by atoms with E-state index in [0.29, 0.717) is 0 Å². The van der Waals surface area contributed by atoms with E-state index in [9.17, 15) is 0 Å². The SMILES string of the molecule is SC=Cc1cccs1. The van der Waals surface area contributed by atoms with Crippen LogP contribution >= 0.6 is 24.0 Å². The fraction of sp³-hybridized carbons (Fsp3) is 0. The molecule has 0 bridgehead atoms. The molecule has 8 heavy (non-hydrogen) atoms. The van der Waals surface area contributed by atoms with Crippen LogP contribution < -0.4 is 0 Å². The molecule has 0 saturated heterocycles. The van der Waals surface area contributed by atoms with Gasteiger partial charge in [-0.3, -0.25) is 0 Å². The minimum absolute atomic E-state index is 1.25. The minimum Gasteiger partial charge on any atom is -0.151 e. The number of thiophene rings is 1. The molecule has 0 saturated carbocycles. The van der Waals surface area contributed by atoms with Crippen molar-refractivity contribution in [3.63, 3.8) is 0 Å². The quantitative estimate of drug-likeness (QED) is 0.572. The predicted octanol–water partition coefficient (Wildman–Crippen LogP) is 2.65. The van der Waals surface area contributed by atoms with E-state index >= 15 is 0 Å². The first-order valence-corrected chi connectivity index (χ1v) is 3.67. The Morgan fingerprint density at radius 3 is 3.00 bits per heavy atom. The summed E-state index contributed by atoms with van der Waals surface area (Å²) in [6.45, 7) is 0. The van der Waals surface area contributed by atoms with Gasteiger partial charge in [-0.2, -0.15) is 12.6 Å². The van der Waals surface area contributed by atoms with Crippen molar-refractivity contribution in [1.82, 2.24) is 0 Å². The lowest BCUT2D eigenvalue weighted by atomic mass is 10.5. The van der Waals surface area contributed by atoms with Crippen molar-refractivity contribution in [2.75, 3.05) is 0 Å². The van der Waals surface area contributed by atoms with E-state index in [0.717, 1.165) is 0 Å². The number of thiol groups is 1. The molecule has 0 radical (unpaired) electrons. The van der Waals surface area contributed by atoms with E-state index in [1.54, 1.807) is 16.7 Å². The maximum absolute atomic E-state index is 3.93. The zero-order valence-electron chi connectivity index (χ0n) is 4.24. The first-order chi connectivity index (χ1) is 3.93. The highest BCUT2D eigenvalue weighted by Gasteiger charge is 1.80. The molecule has 0 aromatic carbocycles. The van der Waals surface area contributed by atoms with Crippen LogP contribution in [0.15, 0.2) is 22.9 Å². The smallest absolute Gasteiger partial charge is 0.0275 e. The molecule has 0 nitrogen and oxygen atoms in total. The lowest BCUT2D eigenvalue weighted by Gasteiger charge is -1.74. The standard InChI is InChI=1S/C6H6S2/c7-4-3-6-2-1-5-8-6/h1-5,7H. The van der Waals surface area contributed by atoms with Gasteiger partial charge in [0.15, 0.2) is 0 Å². The Bertz CT molecular complexity index is 163. The molecule has 0 fully saturated rings. The normalized spacial score (nSPS) is 10.6. The summed E-state index contributed by atoms with van der Waals surface area (Å²) in [5, 5.41) is 3.79. The Labute approximate surface area is 58.3 Å². The maximum atomic E-state index is 3.93. The first kappa shape index (κ1) is 5.92. The molecular weight excluding hydrogens is 136 g/mol. The van der Waals surface area contributed by atoms with Gasteiger partial charge in [0.1, 0.15) is 0 Å². The van der Waals surface area contributed by atoms with Crippen LogP contribution in [0.4, 0.5) is 0 Å². The van der Waals surface area contributed by atoms with Gasteiger partial charge in [-0.1, -0.05) is 6.07 Å². The number of rotatable bonds is 1. The van der Waals surface area contributed by atoms with Gasteiger partial charge >= 0.3 is 0 Å². The summed E-state index contributed by atoms with van der Waals surface area (Å²) in [6, 6.07) is 4.07. The van der Waals surface area contributed by atoms with Crippen LogP contribution in [0.1, 0.15) is 4.88 Å².